The zero-order chi connectivity index (χ0) is 6.57. The molecule has 2 atom stereocenters. The number of hydrogen-bond acceptors (Lipinski definition) is 4. The molecule has 4 heteroatoms. The van der Waals surface area contributed by atoms with Crippen LogP contribution in [0.4, 0.5) is 0 Å². The van der Waals surface area contributed by atoms with Crippen molar-refractivity contribution in [3.63, 3.8) is 0 Å². The van der Waals surface area contributed by atoms with Gasteiger partial charge in [0.15, 0.2) is 0 Å². The topological polar surface area (TPSA) is 66.5 Å². The summed E-state index contributed by atoms with van der Waals surface area (Å²) in [6, 6.07) is 0. The van der Waals surface area contributed by atoms with E-state index in [9.17, 15) is 0 Å². The normalized spacial score (nSPS) is 18.0. The lowest BCUT2D eigenvalue weighted by Gasteiger charge is -2.07. The van der Waals surface area contributed by atoms with Crippen molar-refractivity contribution in [3.8, 4) is 0 Å². The standard InChI is InChI=1S/C4H11NO2S/c5-4(7)1-3(6)2-8/h3-4,6-8H,1-2,5H2. The van der Waals surface area contributed by atoms with Gasteiger partial charge < -0.3 is 15.9 Å². The molecule has 0 bridgehead atoms. The average Bonchev–Trinajstić information content (AvgIpc) is 1.65. The minimum Gasteiger partial charge on any atom is -0.392 e. The van der Waals surface area contributed by atoms with Gasteiger partial charge in [-0.05, 0) is 0 Å². The third-order valence-electron chi connectivity index (χ3n) is 0.724. The van der Waals surface area contributed by atoms with Gasteiger partial charge in [0.2, 0.25) is 0 Å². The van der Waals surface area contributed by atoms with Crippen LogP contribution in [0, 0.1) is 0 Å². The molecule has 0 radical (unpaired) electrons. The van der Waals surface area contributed by atoms with Gasteiger partial charge in [-0.1, -0.05) is 0 Å². The molecule has 0 aromatic heterocycles. The van der Waals surface area contributed by atoms with Crippen molar-refractivity contribution in [1.29, 1.82) is 0 Å². The predicted molar refractivity (Wildman–Crippen MR) is 34.7 cm³/mol. The summed E-state index contributed by atoms with van der Waals surface area (Å²) in [5.74, 6) is 0.342. The summed E-state index contributed by atoms with van der Waals surface area (Å²) in [4.78, 5) is 0. The minimum absolute atomic E-state index is 0.198. The summed E-state index contributed by atoms with van der Waals surface area (Å²) in [6.07, 6.45) is -1.31. The zero-order valence-corrected chi connectivity index (χ0v) is 5.38. The SMILES string of the molecule is NC(O)CC(O)CS. The van der Waals surface area contributed by atoms with Crippen LogP contribution < -0.4 is 5.73 Å². The molecule has 0 aromatic carbocycles. The van der Waals surface area contributed by atoms with Gasteiger partial charge >= 0.3 is 0 Å². The van der Waals surface area contributed by atoms with E-state index in [2.05, 4.69) is 12.6 Å². The number of aliphatic hydroxyl groups is 2. The summed E-state index contributed by atoms with van der Waals surface area (Å²) in [5, 5.41) is 17.1. The second kappa shape index (κ2) is 4.14. The molecule has 8 heavy (non-hydrogen) atoms. The second-order valence-electron chi connectivity index (χ2n) is 1.64. The van der Waals surface area contributed by atoms with Gasteiger partial charge in [0.1, 0.15) is 6.23 Å². The Morgan fingerprint density at radius 3 is 2.12 bits per heavy atom. The molecule has 3 nitrogen and oxygen atoms in total. The molecular weight excluding hydrogens is 126 g/mol. The lowest BCUT2D eigenvalue weighted by Crippen LogP contribution is -2.26. The van der Waals surface area contributed by atoms with Crippen molar-refractivity contribution < 1.29 is 10.2 Å². The Balaban J connectivity index is 3.10. The Hall–Kier alpha value is 0.230. The van der Waals surface area contributed by atoms with Crippen molar-refractivity contribution in [2.24, 2.45) is 5.73 Å². The van der Waals surface area contributed by atoms with Gasteiger partial charge in [-0.3, -0.25) is 0 Å². The fraction of sp³-hybridized carbons (Fsp3) is 1.00. The molecular formula is C4H11NO2S. The van der Waals surface area contributed by atoms with Gasteiger partial charge in [0.25, 0.3) is 0 Å². The van der Waals surface area contributed by atoms with E-state index < -0.39 is 12.3 Å². The minimum atomic E-state index is -0.919. The van der Waals surface area contributed by atoms with Gasteiger partial charge in [0.05, 0.1) is 6.10 Å². The monoisotopic (exact) mass is 137 g/mol. The zero-order valence-electron chi connectivity index (χ0n) is 4.49. The Labute approximate surface area is 53.9 Å². The first-order chi connectivity index (χ1) is 3.66. The maximum atomic E-state index is 8.71. The van der Waals surface area contributed by atoms with Crippen LogP contribution in [0.5, 0.6) is 0 Å². The van der Waals surface area contributed by atoms with Crippen LogP contribution in [0.3, 0.4) is 0 Å². The van der Waals surface area contributed by atoms with E-state index in [1.54, 1.807) is 0 Å². The van der Waals surface area contributed by atoms with E-state index in [-0.39, 0.29) is 6.42 Å². The molecule has 0 amide bonds. The van der Waals surface area contributed by atoms with Crippen molar-refractivity contribution in [2.75, 3.05) is 5.75 Å². The lowest BCUT2D eigenvalue weighted by atomic mass is 10.3. The molecule has 0 rings (SSSR count). The number of rotatable bonds is 3. The molecule has 0 fully saturated rings. The molecule has 0 aromatic rings. The van der Waals surface area contributed by atoms with Crippen LogP contribution in [0.2, 0.25) is 0 Å². The van der Waals surface area contributed by atoms with E-state index in [4.69, 9.17) is 15.9 Å². The molecule has 0 spiro atoms. The highest BCUT2D eigenvalue weighted by molar-refractivity contribution is 7.80. The molecule has 0 saturated heterocycles. The number of thiol groups is 1. The molecule has 0 aliphatic carbocycles. The van der Waals surface area contributed by atoms with Crippen LogP contribution >= 0.6 is 12.6 Å². The fourth-order valence-electron chi connectivity index (χ4n) is 0.353. The highest BCUT2D eigenvalue weighted by Gasteiger charge is 2.04. The highest BCUT2D eigenvalue weighted by atomic mass is 32.1. The van der Waals surface area contributed by atoms with E-state index in [1.165, 1.54) is 0 Å². The Kier molecular flexibility index (Phi) is 4.26. The number of aliphatic hydroxyl groups excluding tert-OH is 2. The van der Waals surface area contributed by atoms with Crippen LogP contribution in [-0.4, -0.2) is 28.3 Å². The average molecular weight is 137 g/mol. The fourth-order valence-corrected chi connectivity index (χ4v) is 0.502. The van der Waals surface area contributed by atoms with Crippen LogP contribution in [0.25, 0.3) is 0 Å². The Morgan fingerprint density at radius 1 is 1.50 bits per heavy atom. The Morgan fingerprint density at radius 2 is 2.00 bits per heavy atom. The molecule has 0 heterocycles. The first-order valence-corrected chi connectivity index (χ1v) is 3.02. The molecule has 2 unspecified atom stereocenters. The quantitative estimate of drug-likeness (QED) is 0.296. The van der Waals surface area contributed by atoms with Crippen LogP contribution in [-0.2, 0) is 0 Å². The molecule has 0 aliphatic rings. The number of nitrogens with two attached hydrogens (primary N) is 1. The van der Waals surface area contributed by atoms with E-state index in [1.807, 2.05) is 0 Å². The van der Waals surface area contributed by atoms with Gasteiger partial charge in [-0.25, -0.2) is 0 Å². The maximum Gasteiger partial charge on any atom is 0.104 e. The van der Waals surface area contributed by atoms with E-state index >= 15 is 0 Å². The summed E-state index contributed by atoms with van der Waals surface area (Å²) >= 11 is 3.77. The lowest BCUT2D eigenvalue weighted by molar-refractivity contribution is 0.0973. The second-order valence-corrected chi connectivity index (χ2v) is 2.00. The van der Waals surface area contributed by atoms with Crippen LogP contribution in [0.15, 0.2) is 0 Å². The molecule has 0 saturated carbocycles. The van der Waals surface area contributed by atoms with Crippen molar-refractivity contribution in [1.82, 2.24) is 0 Å². The highest BCUT2D eigenvalue weighted by Crippen LogP contribution is 1.94. The smallest absolute Gasteiger partial charge is 0.104 e. The molecule has 50 valence electrons. The summed E-state index contributed by atoms with van der Waals surface area (Å²) in [7, 11) is 0. The summed E-state index contributed by atoms with van der Waals surface area (Å²) in [6.45, 7) is 0. The van der Waals surface area contributed by atoms with Crippen molar-refractivity contribution in [3.05, 3.63) is 0 Å². The summed E-state index contributed by atoms with van der Waals surface area (Å²) in [5.41, 5.74) is 4.93. The number of hydrogen-bond donors (Lipinski definition) is 4. The van der Waals surface area contributed by atoms with E-state index in [0.717, 1.165) is 0 Å². The maximum absolute atomic E-state index is 8.71. The third kappa shape index (κ3) is 4.39. The van der Waals surface area contributed by atoms with Crippen molar-refractivity contribution >= 4 is 12.6 Å². The van der Waals surface area contributed by atoms with Gasteiger partial charge in [0, 0.05) is 12.2 Å². The van der Waals surface area contributed by atoms with Crippen molar-refractivity contribution in [2.45, 2.75) is 18.8 Å². The molecule has 4 N–H and O–H groups in total. The van der Waals surface area contributed by atoms with Crippen LogP contribution in [0.1, 0.15) is 6.42 Å². The van der Waals surface area contributed by atoms with Gasteiger partial charge in [-0.2, -0.15) is 12.6 Å². The first kappa shape index (κ1) is 8.23. The third-order valence-corrected chi connectivity index (χ3v) is 1.15. The molecule has 0 aliphatic heterocycles. The van der Waals surface area contributed by atoms with Gasteiger partial charge in [-0.15, -0.1) is 0 Å². The van der Waals surface area contributed by atoms with E-state index in [0.29, 0.717) is 5.75 Å². The predicted octanol–water partition coefficient (Wildman–Crippen LogP) is -1.06. The largest absolute Gasteiger partial charge is 0.392 e. The first-order valence-electron chi connectivity index (χ1n) is 2.39. The Bertz CT molecular complexity index is 60.0. The summed E-state index contributed by atoms with van der Waals surface area (Å²) < 4.78 is 0.